The molecule has 88 valence electrons. The van der Waals surface area contributed by atoms with E-state index >= 15 is 0 Å². The monoisotopic (exact) mass is 237 g/mol. The molecule has 0 spiro atoms. The average molecular weight is 238 g/mol. The van der Waals surface area contributed by atoms with E-state index in [1.54, 1.807) is 0 Å². The Morgan fingerprint density at radius 1 is 1.38 bits per heavy atom. The largest absolute Gasteiger partial charge is 0.388 e. The van der Waals surface area contributed by atoms with Crippen LogP contribution in [0.4, 0.5) is 0 Å². The van der Waals surface area contributed by atoms with E-state index in [0.717, 1.165) is 17.3 Å². The van der Waals surface area contributed by atoms with Crippen molar-refractivity contribution in [2.45, 2.75) is 32.6 Å². The summed E-state index contributed by atoms with van der Waals surface area (Å²) in [6, 6.07) is 7.96. The zero-order valence-corrected chi connectivity index (χ0v) is 10.8. The topological polar surface area (TPSA) is 12.0 Å². The van der Waals surface area contributed by atoms with Crippen LogP contribution in [0.1, 0.15) is 38.2 Å². The first-order valence-corrected chi connectivity index (χ1v) is 6.21. The van der Waals surface area contributed by atoms with E-state index in [9.17, 15) is 0 Å². The molecule has 0 aliphatic rings. The van der Waals surface area contributed by atoms with Crippen molar-refractivity contribution in [3.8, 4) is 0 Å². The van der Waals surface area contributed by atoms with Crippen LogP contribution in [0.3, 0.4) is 0 Å². The molecule has 1 nitrogen and oxygen atoms in total. The van der Waals surface area contributed by atoms with Gasteiger partial charge in [0.25, 0.3) is 0 Å². The molecular weight excluding hydrogens is 218 g/mol. The third kappa shape index (κ3) is 3.90. The highest BCUT2D eigenvalue weighted by atomic mass is 35.5. The zero-order valence-electron chi connectivity index (χ0n) is 10.1. The van der Waals surface area contributed by atoms with E-state index in [-0.39, 0.29) is 0 Å². The average Bonchev–Trinajstić information content (AvgIpc) is 2.29. The van der Waals surface area contributed by atoms with Crippen molar-refractivity contribution in [1.82, 2.24) is 5.32 Å². The number of rotatable bonds is 6. The summed E-state index contributed by atoms with van der Waals surface area (Å²) >= 11 is 5.86. The van der Waals surface area contributed by atoms with Crippen molar-refractivity contribution >= 4 is 11.6 Å². The van der Waals surface area contributed by atoms with Gasteiger partial charge in [-0.1, -0.05) is 50.6 Å². The summed E-state index contributed by atoms with van der Waals surface area (Å²) in [4.78, 5) is 0. The molecule has 1 aromatic carbocycles. The van der Waals surface area contributed by atoms with E-state index < -0.39 is 0 Å². The molecule has 1 atom stereocenters. The third-order valence-corrected chi connectivity index (χ3v) is 3.03. The summed E-state index contributed by atoms with van der Waals surface area (Å²) < 4.78 is 0. The highest BCUT2D eigenvalue weighted by Crippen LogP contribution is 2.22. The number of unbranched alkanes of at least 4 members (excludes halogenated alkanes) is 1. The molecule has 0 saturated heterocycles. The SMILES string of the molecule is C=C(NCCCC)[C@H](C)c1ccc(Cl)cc1. The van der Waals surface area contributed by atoms with E-state index in [0.29, 0.717) is 5.92 Å². The maximum atomic E-state index is 5.86. The molecule has 0 amide bonds. The predicted octanol–water partition coefficient (Wildman–Crippen LogP) is 4.35. The second-order valence-corrected chi connectivity index (χ2v) is 4.52. The number of allylic oxidation sites excluding steroid dienone is 1. The van der Waals surface area contributed by atoms with Gasteiger partial charge < -0.3 is 5.32 Å². The fourth-order valence-corrected chi connectivity index (χ4v) is 1.66. The fraction of sp³-hybridized carbons (Fsp3) is 0.429. The van der Waals surface area contributed by atoms with Crippen LogP contribution in [0.15, 0.2) is 36.5 Å². The van der Waals surface area contributed by atoms with Gasteiger partial charge in [0.1, 0.15) is 0 Å². The summed E-state index contributed by atoms with van der Waals surface area (Å²) in [6.07, 6.45) is 2.39. The Morgan fingerprint density at radius 2 is 2.00 bits per heavy atom. The highest BCUT2D eigenvalue weighted by Gasteiger charge is 2.08. The smallest absolute Gasteiger partial charge is 0.0406 e. The van der Waals surface area contributed by atoms with Crippen molar-refractivity contribution in [2.75, 3.05) is 6.54 Å². The molecule has 2 heteroatoms. The minimum Gasteiger partial charge on any atom is -0.388 e. The summed E-state index contributed by atoms with van der Waals surface area (Å²) in [5.41, 5.74) is 2.33. The van der Waals surface area contributed by atoms with Crippen molar-refractivity contribution in [3.63, 3.8) is 0 Å². The lowest BCUT2D eigenvalue weighted by Gasteiger charge is -2.17. The minimum atomic E-state index is 0.328. The van der Waals surface area contributed by atoms with Crippen LogP contribution in [-0.2, 0) is 0 Å². The van der Waals surface area contributed by atoms with Gasteiger partial charge in [-0.25, -0.2) is 0 Å². The Labute approximate surface area is 104 Å². The maximum absolute atomic E-state index is 5.86. The normalized spacial score (nSPS) is 12.2. The number of benzene rings is 1. The van der Waals surface area contributed by atoms with Gasteiger partial charge in [-0.15, -0.1) is 0 Å². The molecule has 1 rings (SSSR count). The Kier molecular flexibility index (Phi) is 5.41. The summed E-state index contributed by atoms with van der Waals surface area (Å²) in [5, 5.41) is 4.15. The lowest BCUT2D eigenvalue weighted by atomic mass is 9.98. The van der Waals surface area contributed by atoms with Gasteiger partial charge in [-0.2, -0.15) is 0 Å². The molecule has 1 N–H and O–H groups in total. The van der Waals surface area contributed by atoms with Crippen molar-refractivity contribution in [3.05, 3.63) is 47.1 Å². The Hall–Kier alpha value is -0.950. The second-order valence-electron chi connectivity index (χ2n) is 4.08. The lowest BCUT2D eigenvalue weighted by Crippen LogP contribution is -2.18. The van der Waals surface area contributed by atoms with Gasteiger partial charge in [0.05, 0.1) is 0 Å². The van der Waals surface area contributed by atoms with Gasteiger partial charge >= 0.3 is 0 Å². The van der Waals surface area contributed by atoms with Crippen LogP contribution in [0.25, 0.3) is 0 Å². The van der Waals surface area contributed by atoms with Crippen LogP contribution in [0.2, 0.25) is 5.02 Å². The lowest BCUT2D eigenvalue weighted by molar-refractivity contribution is 0.669. The minimum absolute atomic E-state index is 0.328. The number of nitrogens with one attached hydrogen (secondary N) is 1. The molecule has 0 radical (unpaired) electrons. The maximum Gasteiger partial charge on any atom is 0.0406 e. The van der Waals surface area contributed by atoms with Gasteiger partial charge in [-0.3, -0.25) is 0 Å². The second kappa shape index (κ2) is 6.59. The van der Waals surface area contributed by atoms with E-state index in [1.165, 1.54) is 18.4 Å². The van der Waals surface area contributed by atoms with Crippen LogP contribution in [0.5, 0.6) is 0 Å². The molecule has 0 heterocycles. The van der Waals surface area contributed by atoms with Crippen molar-refractivity contribution in [1.29, 1.82) is 0 Å². The molecule has 0 bridgehead atoms. The van der Waals surface area contributed by atoms with Crippen molar-refractivity contribution < 1.29 is 0 Å². The molecule has 1 aromatic rings. The summed E-state index contributed by atoms with van der Waals surface area (Å²) in [6.45, 7) is 9.43. The van der Waals surface area contributed by atoms with Gasteiger partial charge in [0, 0.05) is 23.2 Å². The molecular formula is C14H20ClN. The third-order valence-electron chi connectivity index (χ3n) is 2.78. The van der Waals surface area contributed by atoms with Crippen LogP contribution in [-0.4, -0.2) is 6.54 Å². The van der Waals surface area contributed by atoms with Crippen LogP contribution >= 0.6 is 11.6 Å². The van der Waals surface area contributed by atoms with E-state index in [1.807, 2.05) is 12.1 Å². The molecule has 0 fully saturated rings. The zero-order chi connectivity index (χ0) is 12.0. The molecule has 0 aliphatic carbocycles. The Morgan fingerprint density at radius 3 is 2.56 bits per heavy atom. The van der Waals surface area contributed by atoms with Gasteiger partial charge in [0.2, 0.25) is 0 Å². The molecule has 0 aliphatic heterocycles. The first kappa shape index (κ1) is 13.1. The van der Waals surface area contributed by atoms with E-state index in [4.69, 9.17) is 11.6 Å². The fourth-order valence-electron chi connectivity index (χ4n) is 1.53. The molecule has 0 saturated carbocycles. The van der Waals surface area contributed by atoms with Gasteiger partial charge in [-0.05, 0) is 24.1 Å². The Balaban J connectivity index is 2.53. The number of halogens is 1. The summed E-state index contributed by atoms with van der Waals surface area (Å²) in [5.74, 6) is 0.328. The number of hydrogen-bond donors (Lipinski definition) is 1. The predicted molar refractivity (Wildman–Crippen MR) is 71.9 cm³/mol. The quantitative estimate of drug-likeness (QED) is 0.726. The van der Waals surface area contributed by atoms with E-state index in [2.05, 4.69) is 37.9 Å². The first-order valence-electron chi connectivity index (χ1n) is 5.83. The molecule has 16 heavy (non-hydrogen) atoms. The van der Waals surface area contributed by atoms with Crippen LogP contribution in [0, 0.1) is 0 Å². The van der Waals surface area contributed by atoms with Crippen LogP contribution < -0.4 is 5.32 Å². The Bertz CT molecular complexity index is 329. The number of hydrogen-bond acceptors (Lipinski definition) is 1. The molecule has 0 unspecified atom stereocenters. The van der Waals surface area contributed by atoms with Crippen molar-refractivity contribution in [2.24, 2.45) is 0 Å². The van der Waals surface area contributed by atoms with Gasteiger partial charge in [0.15, 0.2) is 0 Å². The highest BCUT2D eigenvalue weighted by molar-refractivity contribution is 6.30. The standard InChI is InChI=1S/C14H20ClN/c1-4-5-10-16-12(3)11(2)13-6-8-14(15)9-7-13/h6-9,11,16H,3-5,10H2,1-2H3/t11-/m0/s1. The summed E-state index contributed by atoms with van der Waals surface area (Å²) in [7, 11) is 0. The molecule has 0 aromatic heterocycles. The first-order chi connectivity index (χ1) is 7.65.